The average Bonchev–Trinajstić information content (AvgIpc) is 3.20. The van der Waals surface area contributed by atoms with E-state index in [4.69, 9.17) is 10.8 Å². The number of hydrogen-bond acceptors (Lipinski definition) is 7. The van der Waals surface area contributed by atoms with Crippen LogP contribution in [0.25, 0.3) is 22.0 Å². The molecular formula is C23H26N6O. The van der Waals surface area contributed by atoms with Crippen molar-refractivity contribution in [3.63, 3.8) is 0 Å². The molecule has 3 aromatic rings. The van der Waals surface area contributed by atoms with Gasteiger partial charge in [0.15, 0.2) is 0 Å². The molecule has 7 heteroatoms. The third-order valence-corrected chi connectivity index (χ3v) is 5.27. The third kappa shape index (κ3) is 4.31. The van der Waals surface area contributed by atoms with Gasteiger partial charge in [-0.25, -0.2) is 9.97 Å². The molecule has 0 fully saturated rings. The number of nitrogens with one attached hydrogen (secondary N) is 1. The van der Waals surface area contributed by atoms with Crippen molar-refractivity contribution in [1.29, 1.82) is 0 Å². The van der Waals surface area contributed by atoms with Gasteiger partial charge in [-0.15, -0.1) is 0 Å². The van der Waals surface area contributed by atoms with Crippen LogP contribution < -0.4 is 11.1 Å². The molecule has 0 aromatic carbocycles. The highest BCUT2D eigenvalue weighted by atomic mass is 16.2. The molecule has 1 aliphatic heterocycles. The van der Waals surface area contributed by atoms with Crippen LogP contribution in [0.5, 0.6) is 0 Å². The van der Waals surface area contributed by atoms with E-state index in [2.05, 4.69) is 38.3 Å². The van der Waals surface area contributed by atoms with Gasteiger partial charge in [-0.3, -0.25) is 9.98 Å². The first-order chi connectivity index (χ1) is 14.7. The van der Waals surface area contributed by atoms with Gasteiger partial charge in [-0.05, 0) is 60.9 Å². The molecule has 4 rings (SSSR count). The zero-order valence-corrected chi connectivity index (χ0v) is 17.0. The maximum atomic E-state index is 8.92. The molecule has 4 N–H and O–H groups in total. The number of hydrogen-bond donors (Lipinski definition) is 3. The maximum absolute atomic E-state index is 8.92. The van der Waals surface area contributed by atoms with E-state index in [-0.39, 0.29) is 12.6 Å². The largest absolute Gasteiger partial charge is 0.396 e. The lowest BCUT2D eigenvalue weighted by molar-refractivity contribution is 0.282. The molecule has 0 bridgehead atoms. The van der Waals surface area contributed by atoms with Crippen LogP contribution in [0.1, 0.15) is 31.7 Å². The number of aliphatic hydroxyl groups is 1. The predicted molar refractivity (Wildman–Crippen MR) is 121 cm³/mol. The first-order valence-electron chi connectivity index (χ1n) is 10.3. The summed E-state index contributed by atoms with van der Waals surface area (Å²) < 4.78 is 0. The molecule has 0 amide bonds. The van der Waals surface area contributed by atoms with E-state index < -0.39 is 0 Å². The Labute approximate surface area is 175 Å². The van der Waals surface area contributed by atoms with Gasteiger partial charge in [0.05, 0.1) is 17.4 Å². The van der Waals surface area contributed by atoms with Gasteiger partial charge in [0.25, 0.3) is 0 Å². The lowest BCUT2D eigenvalue weighted by Crippen LogP contribution is -2.03. The van der Waals surface area contributed by atoms with Gasteiger partial charge in [-0.1, -0.05) is 6.92 Å². The van der Waals surface area contributed by atoms with Crippen LogP contribution in [0.3, 0.4) is 0 Å². The van der Waals surface area contributed by atoms with Crippen molar-refractivity contribution in [1.82, 2.24) is 15.0 Å². The van der Waals surface area contributed by atoms with Gasteiger partial charge >= 0.3 is 0 Å². The Kier molecular flexibility index (Phi) is 5.99. The lowest BCUT2D eigenvalue weighted by Gasteiger charge is -2.11. The Morgan fingerprint density at radius 2 is 2.10 bits per heavy atom. The Hall–Kier alpha value is -3.32. The average molecular weight is 403 g/mol. The summed E-state index contributed by atoms with van der Waals surface area (Å²) in [5.74, 6) is 1.19. The SMILES string of the molecule is CCc1ccncc1-c1cc2cc(NC3=CC(CCCCO)N=C3)ncc2c(N)n1. The fraction of sp³-hybridized carbons (Fsp3) is 0.304. The van der Waals surface area contributed by atoms with Gasteiger partial charge in [-0.2, -0.15) is 0 Å². The van der Waals surface area contributed by atoms with E-state index in [0.29, 0.717) is 5.82 Å². The van der Waals surface area contributed by atoms with Crippen molar-refractivity contribution in [2.24, 2.45) is 4.99 Å². The summed E-state index contributed by atoms with van der Waals surface area (Å²) in [5.41, 5.74) is 10.2. The molecule has 154 valence electrons. The zero-order chi connectivity index (χ0) is 20.9. The number of aromatic nitrogens is 3. The summed E-state index contributed by atoms with van der Waals surface area (Å²) in [4.78, 5) is 17.8. The quantitative estimate of drug-likeness (QED) is 0.495. The molecule has 1 aliphatic rings. The molecule has 7 nitrogen and oxygen atoms in total. The first kappa shape index (κ1) is 20.0. The fourth-order valence-corrected chi connectivity index (χ4v) is 3.66. The second-order valence-corrected chi connectivity index (χ2v) is 7.38. The summed E-state index contributed by atoms with van der Waals surface area (Å²) in [6, 6.07) is 6.18. The highest BCUT2D eigenvalue weighted by molar-refractivity contribution is 5.95. The van der Waals surface area contributed by atoms with E-state index in [0.717, 1.165) is 59.2 Å². The highest BCUT2D eigenvalue weighted by Gasteiger charge is 2.13. The number of pyridine rings is 3. The minimum atomic E-state index is 0.156. The van der Waals surface area contributed by atoms with Crippen LogP contribution in [0.2, 0.25) is 0 Å². The fourth-order valence-electron chi connectivity index (χ4n) is 3.66. The van der Waals surface area contributed by atoms with Crippen molar-refractivity contribution in [2.75, 3.05) is 17.7 Å². The number of nitrogens with zero attached hydrogens (tertiary/aromatic N) is 4. The lowest BCUT2D eigenvalue weighted by atomic mass is 10.0. The van der Waals surface area contributed by atoms with Gasteiger partial charge in [0.1, 0.15) is 11.6 Å². The molecule has 1 atom stereocenters. The monoisotopic (exact) mass is 402 g/mol. The molecule has 4 heterocycles. The zero-order valence-electron chi connectivity index (χ0n) is 17.0. The predicted octanol–water partition coefficient (Wildman–Crippen LogP) is 3.75. The summed E-state index contributed by atoms with van der Waals surface area (Å²) in [5, 5.41) is 14.0. The van der Waals surface area contributed by atoms with E-state index in [1.165, 1.54) is 5.56 Å². The number of nitrogen functional groups attached to an aromatic ring is 1. The third-order valence-electron chi connectivity index (χ3n) is 5.27. The van der Waals surface area contributed by atoms with E-state index >= 15 is 0 Å². The standard InChI is InChI=1S/C23H26N6O/c1-2-15-6-7-25-13-19(15)21-9-16-10-22(27-14-20(16)23(24)29-21)28-18-11-17(26-12-18)5-3-4-8-30/h6-7,9-14,17,30H,2-5,8H2,1H3,(H2,24,29)(H,27,28). The number of rotatable bonds is 8. The molecule has 0 saturated heterocycles. The normalized spacial score (nSPS) is 15.5. The number of unbranched alkanes of at least 4 members (excludes halogenated alkanes) is 1. The Morgan fingerprint density at radius 3 is 2.93 bits per heavy atom. The van der Waals surface area contributed by atoms with Gasteiger partial charge in [0.2, 0.25) is 0 Å². The number of anilines is 2. The molecule has 0 aliphatic carbocycles. The van der Waals surface area contributed by atoms with Crippen LogP contribution in [0.15, 0.2) is 53.6 Å². The summed E-state index contributed by atoms with van der Waals surface area (Å²) in [6.45, 7) is 2.34. The molecule has 30 heavy (non-hydrogen) atoms. The molecule has 0 spiro atoms. The van der Waals surface area contributed by atoms with E-state index in [1.54, 1.807) is 12.4 Å². The number of allylic oxidation sites excluding steroid dienone is 1. The number of aryl methyl sites for hydroxylation is 1. The van der Waals surface area contributed by atoms with Gasteiger partial charge in [0, 0.05) is 42.4 Å². The number of aliphatic hydroxyl groups excluding tert-OH is 1. The topological polar surface area (TPSA) is 109 Å². The molecule has 0 radical (unpaired) electrons. The molecule has 1 unspecified atom stereocenters. The van der Waals surface area contributed by atoms with Crippen molar-refractivity contribution in [3.8, 4) is 11.3 Å². The summed E-state index contributed by atoms with van der Waals surface area (Å²) >= 11 is 0. The van der Waals surface area contributed by atoms with Crippen LogP contribution in [0, 0.1) is 0 Å². The second kappa shape index (κ2) is 9.00. The van der Waals surface area contributed by atoms with Crippen molar-refractivity contribution in [3.05, 3.63) is 54.1 Å². The van der Waals surface area contributed by atoms with E-state index in [1.807, 2.05) is 30.6 Å². The number of aliphatic imine (C=N–C) groups is 1. The van der Waals surface area contributed by atoms with Crippen LogP contribution in [-0.2, 0) is 6.42 Å². The first-order valence-corrected chi connectivity index (χ1v) is 10.3. The Balaban J connectivity index is 1.59. The smallest absolute Gasteiger partial charge is 0.133 e. The minimum Gasteiger partial charge on any atom is -0.396 e. The van der Waals surface area contributed by atoms with Crippen LogP contribution in [0.4, 0.5) is 11.6 Å². The number of nitrogens with two attached hydrogens (primary N) is 1. The van der Waals surface area contributed by atoms with Crippen LogP contribution in [-0.4, -0.2) is 38.9 Å². The van der Waals surface area contributed by atoms with Crippen molar-refractivity contribution < 1.29 is 5.11 Å². The molecule has 3 aromatic heterocycles. The molecular weight excluding hydrogens is 376 g/mol. The maximum Gasteiger partial charge on any atom is 0.133 e. The van der Waals surface area contributed by atoms with Gasteiger partial charge < -0.3 is 16.2 Å². The van der Waals surface area contributed by atoms with Crippen molar-refractivity contribution >= 4 is 28.6 Å². The number of fused-ring (bicyclic) bond motifs is 1. The summed E-state index contributed by atoms with van der Waals surface area (Å²) in [7, 11) is 0. The van der Waals surface area contributed by atoms with E-state index in [9.17, 15) is 0 Å². The molecule has 0 saturated carbocycles. The Morgan fingerprint density at radius 1 is 1.20 bits per heavy atom. The van der Waals surface area contributed by atoms with Crippen LogP contribution >= 0.6 is 0 Å². The Bertz CT molecular complexity index is 1110. The second-order valence-electron chi connectivity index (χ2n) is 7.38. The van der Waals surface area contributed by atoms with Crippen molar-refractivity contribution in [2.45, 2.75) is 38.6 Å². The summed E-state index contributed by atoms with van der Waals surface area (Å²) in [6.07, 6.45) is 12.9. The highest BCUT2D eigenvalue weighted by Crippen LogP contribution is 2.29. The minimum absolute atomic E-state index is 0.156.